The zero-order valence-corrected chi connectivity index (χ0v) is 11.2. The summed E-state index contributed by atoms with van der Waals surface area (Å²) in [7, 11) is 0. The molecule has 0 saturated carbocycles. The van der Waals surface area contributed by atoms with Crippen molar-refractivity contribution in [3.05, 3.63) is 41.0 Å². The summed E-state index contributed by atoms with van der Waals surface area (Å²) in [6, 6.07) is 6.62. The summed E-state index contributed by atoms with van der Waals surface area (Å²) >= 11 is 0. The van der Waals surface area contributed by atoms with Crippen LogP contribution in [-0.2, 0) is 0 Å². The van der Waals surface area contributed by atoms with Crippen LogP contribution in [0.4, 0.5) is 0 Å². The van der Waals surface area contributed by atoms with E-state index in [1.807, 2.05) is 6.08 Å². The van der Waals surface area contributed by atoms with Gasteiger partial charge in [0, 0.05) is 0 Å². The number of allylic oxidation sites excluding steroid dienone is 1. The van der Waals surface area contributed by atoms with Crippen molar-refractivity contribution in [3.8, 4) is 0 Å². The summed E-state index contributed by atoms with van der Waals surface area (Å²) in [6.45, 7) is 8.71. The van der Waals surface area contributed by atoms with Crippen LogP contribution in [0.1, 0.15) is 43.4 Å². The largest absolute Gasteiger partial charge is 0.389 e. The van der Waals surface area contributed by atoms with Gasteiger partial charge in [0.2, 0.25) is 0 Å². The lowest BCUT2D eigenvalue weighted by Crippen LogP contribution is -2.24. The van der Waals surface area contributed by atoms with Gasteiger partial charge in [-0.1, -0.05) is 49.2 Å². The second-order valence-corrected chi connectivity index (χ2v) is 6.18. The first-order valence-corrected chi connectivity index (χ1v) is 6.33. The van der Waals surface area contributed by atoms with Gasteiger partial charge in [0.1, 0.15) is 0 Å². The number of aliphatic hydroxyl groups excluding tert-OH is 1. The van der Waals surface area contributed by atoms with E-state index in [2.05, 4.69) is 45.9 Å². The van der Waals surface area contributed by atoms with Crippen LogP contribution in [0.2, 0.25) is 0 Å². The number of hydrogen-bond donors (Lipinski definition) is 1. The monoisotopic (exact) mass is 230 g/mol. The minimum Gasteiger partial charge on any atom is -0.389 e. The molecule has 2 rings (SSSR count). The highest BCUT2D eigenvalue weighted by molar-refractivity contribution is 5.68. The van der Waals surface area contributed by atoms with Crippen LogP contribution in [0.5, 0.6) is 0 Å². The molecule has 1 aliphatic rings. The highest BCUT2D eigenvalue weighted by Gasteiger charge is 2.28. The highest BCUT2D eigenvalue weighted by Crippen LogP contribution is 2.39. The first-order chi connectivity index (χ1) is 7.85. The molecule has 0 bridgehead atoms. The SMILES string of the molecule is Cc1cc(C)cc(C2=CC(O)CC(C)(C)C2)c1. The summed E-state index contributed by atoms with van der Waals surface area (Å²) in [5.41, 5.74) is 5.34. The fourth-order valence-corrected chi connectivity index (χ4v) is 2.86. The topological polar surface area (TPSA) is 20.2 Å². The van der Waals surface area contributed by atoms with Gasteiger partial charge < -0.3 is 5.11 Å². The first kappa shape index (κ1) is 12.4. The molecule has 0 heterocycles. The van der Waals surface area contributed by atoms with Crippen molar-refractivity contribution in [3.63, 3.8) is 0 Å². The quantitative estimate of drug-likeness (QED) is 0.776. The van der Waals surface area contributed by atoms with E-state index in [1.54, 1.807) is 0 Å². The van der Waals surface area contributed by atoms with Gasteiger partial charge in [-0.2, -0.15) is 0 Å². The molecule has 0 aromatic heterocycles. The summed E-state index contributed by atoms with van der Waals surface area (Å²) in [5, 5.41) is 9.94. The Morgan fingerprint density at radius 2 is 1.71 bits per heavy atom. The Labute approximate surface area is 104 Å². The third kappa shape index (κ3) is 2.98. The molecule has 0 fully saturated rings. The van der Waals surface area contributed by atoms with Gasteiger partial charge >= 0.3 is 0 Å². The lowest BCUT2D eigenvalue weighted by atomic mass is 9.74. The second-order valence-electron chi connectivity index (χ2n) is 6.18. The molecule has 1 atom stereocenters. The maximum Gasteiger partial charge on any atom is 0.0732 e. The van der Waals surface area contributed by atoms with E-state index in [1.165, 1.54) is 22.3 Å². The van der Waals surface area contributed by atoms with Crippen molar-refractivity contribution in [2.75, 3.05) is 0 Å². The lowest BCUT2D eigenvalue weighted by Gasteiger charge is -2.33. The molecule has 0 aliphatic heterocycles. The molecule has 0 radical (unpaired) electrons. The van der Waals surface area contributed by atoms with Crippen LogP contribution in [-0.4, -0.2) is 11.2 Å². The van der Waals surface area contributed by atoms with Gasteiger partial charge in [0.25, 0.3) is 0 Å². The Hall–Kier alpha value is -1.08. The lowest BCUT2D eigenvalue weighted by molar-refractivity contribution is 0.146. The van der Waals surface area contributed by atoms with E-state index in [4.69, 9.17) is 0 Å². The molecule has 17 heavy (non-hydrogen) atoms. The third-order valence-electron chi connectivity index (χ3n) is 3.42. The molecular weight excluding hydrogens is 208 g/mol. The maximum absolute atomic E-state index is 9.94. The molecule has 1 aliphatic carbocycles. The van der Waals surface area contributed by atoms with Crippen LogP contribution in [0.15, 0.2) is 24.3 Å². The standard InChI is InChI=1S/C16H22O/c1-11-5-12(2)7-13(6-11)14-8-15(17)10-16(3,4)9-14/h5-8,15,17H,9-10H2,1-4H3. The third-order valence-corrected chi connectivity index (χ3v) is 3.42. The van der Waals surface area contributed by atoms with E-state index in [0.717, 1.165) is 12.8 Å². The minimum atomic E-state index is -0.297. The van der Waals surface area contributed by atoms with Crippen molar-refractivity contribution < 1.29 is 5.11 Å². The van der Waals surface area contributed by atoms with Gasteiger partial charge in [-0.15, -0.1) is 0 Å². The second kappa shape index (κ2) is 4.30. The van der Waals surface area contributed by atoms with Crippen molar-refractivity contribution in [1.82, 2.24) is 0 Å². The number of hydrogen-bond acceptors (Lipinski definition) is 1. The van der Waals surface area contributed by atoms with Gasteiger partial charge in [0.15, 0.2) is 0 Å². The van der Waals surface area contributed by atoms with Crippen LogP contribution >= 0.6 is 0 Å². The Kier molecular flexibility index (Phi) is 3.13. The van der Waals surface area contributed by atoms with Crippen LogP contribution in [0.25, 0.3) is 5.57 Å². The van der Waals surface area contributed by atoms with Crippen LogP contribution in [0, 0.1) is 19.3 Å². The molecule has 1 N–H and O–H groups in total. The highest BCUT2D eigenvalue weighted by atomic mass is 16.3. The minimum absolute atomic E-state index is 0.196. The molecular formula is C16H22O. The number of aliphatic hydroxyl groups is 1. The molecule has 0 amide bonds. The zero-order chi connectivity index (χ0) is 12.6. The predicted molar refractivity (Wildman–Crippen MR) is 72.9 cm³/mol. The zero-order valence-electron chi connectivity index (χ0n) is 11.2. The van der Waals surface area contributed by atoms with E-state index in [9.17, 15) is 5.11 Å². The van der Waals surface area contributed by atoms with Gasteiger partial charge in [-0.3, -0.25) is 0 Å². The summed E-state index contributed by atoms with van der Waals surface area (Å²) in [5.74, 6) is 0. The molecule has 0 saturated heterocycles. The molecule has 1 aromatic carbocycles. The molecule has 92 valence electrons. The summed E-state index contributed by atoms with van der Waals surface area (Å²) in [6.07, 6.45) is 3.64. The maximum atomic E-state index is 9.94. The average molecular weight is 230 g/mol. The molecule has 1 unspecified atom stereocenters. The Balaban J connectivity index is 2.39. The Bertz CT molecular complexity index is 434. The molecule has 1 heteroatoms. The molecule has 0 spiro atoms. The Morgan fingerprint density at radius 1 is 1.12 bits per heavy atom. The predicted octanol–water partition coefficient (Wildman–Crippen LogP) is 3.87. The van der Waals surface area contributed by atoms with Crippen molar-refractivity contribution in [2.24, 2.45) is 5.41 Å². The van der Waals surface area contributed by atoms with Crippen molar-refractivity contribution >= 4 is 5.57 Å². The van der Waals surface area contributed by atoms with Gasteiger partial charge in [-0.05, 0) is 43.2 Å². The van der Waals surface area contributed by atoms with E-state index < -0.39 is 0 Å². The van der Waals surface area contributed by atoms with Gasteiger partial charge in [-0.25, -0.2) is 0 Å². The normalized spacial score (nSPS) is 23.4. The smallest absolute Gasteiger partial charge is 0.0732 e. The van der Waals surface area contributed by atoms with Crippen LogP contribution < -0.4 is 0 Å². The van der Waals surface area contributed by atoms with Crippen molar-refractivity contribution in [2.45, 2.75) is 46.6 Å². The van der Waals surface area contributed by atoms with Gasteiger partial charge in [0.05, 0.1) is 6.10 Å². The molecule has 1 nitrogen and oxygen atoms in total. The van der Waals surface area contributed by atoms with E-state index in [0.29, 0.717) is 0 Å². The van der Waals surface area contributed by atoms with E-state index >= 15 is 0 Å². The summed E-state index contributed by atoms with van der Waals surface area (Å²) < 4.78 is 0. The Morgan fingerprint density at radius 3 is 2.24 bits per heavy atom. The fourth-order valence-electron chi connectivity index (χ4n) is 2.86. The van der Waals surface area contributed by atoms with E-state index in [-0.39, 0.29) is 11.5 Å². The first-order valence-electron chi connectivity index (χ1n) is 6.33. The number of aryl methyl sites for hydroxylation is 2. The fraction of sp³-hybridized carbons (Fsp3) is 0.500. The molecule has 1 aromatic rings. The van der Waals surface area contributed by atoms with Crippen LogP contribution in [0.3, 0.4) is 0 Å². The van der Waals surface area contributed by atoms with Crippen molar-refractivity contribution in [1.29, 1.82) is 0 Å². The number of benzene rings is 1. The average Bonchev–Trinajstić information content (AvgIpc) is 2.12. The number of rotatable bonds is 1. The summed E-state index contributed by atoms with van der Waals surface area (Å²) in [4.78, 5) is 0.